The molecule has 1 amide bonds. The summed E-state index contributed by atoms with van der Waals surface area (Å²) in [4.78, 5) is 13.9. The molecule has 0 saturated carbocycles. The number of nitrogen functional groups attached to an aromatic ring is 1. The minimum atomic E-state index is -0.871. The minimum Gasteiger partial charge on any atom is -0.476 e. The smallest absolute Gasteiger partial charge is 0.270 e. The highest BCUT2D eigenvalue weighted by Crippen LogP contribution is 2.38. The molecule has 17 heavy (non-hydrogen) atoms. The van der Waals surface area contributed by atoms with E-state index >= 15 is 0 Å². The average molecular weight is 232 g/mol. The summed E-state index contributed by atoms with van der Waals surface area (Å²) in [5.41, 5.74) is 6.21. The third-order valence-corrected chi connectivity index (χ3v) is 2.71. The van der Waals surface area contributed by atoms with Gasteiger partial charge in [0.25, 0.3) is 5.91 Å². The van der Waals surface area contributed by atoms with Crippen LogP contribution in [0.3, 0.4) is 0 Å². The van der Waals surface area contributed by atoms with Crippen molar-refractivity contribution in [2.75, 3.05) is 17.2 Å². The van der Waals surface area contributed by atoms with E-state index in [-0.39, 0.29) is 5.91 Å². The number of benzene rings is 1. The Morgan fingerprint density at radius 1 is 1.53 bits per heavy atom. The first-order valence-electron chi connectivity index (χ1n) is 5.47. The molecule has 0 aliphatic carbocycles. The number of nitrogens with zero attached hydrogens (tertiary/aromatic N) is 1. The molecule has 0 saturated heterocycles. The second-order valence-corrected chi connectivity index (χ2v) is 4.54. The number of carbonyl (C=O) groups is 1. The molecule has 90 valence electrons. The molecule has 0 aromatic heterocycles. The molecule has 0 radical (unpaired) electrons. The molecule has 1 aliphatic heterocycles. The van der Waals surface area contributed by atoms with E-state index in [9.17, 15) is 4.79 Å². The van der Waals surface area contributed by atoms with E-state index in [1.54, 1.807) is 43.0 Å². The van der Waals surface area contributed by atoms with Crippen molar-refractivity contribution in [2.45, 2.75) is 19.4 Å². The van der Waals surface area contributed by atoms with Gasteiger partial charge in [0.05, 0.1) is 5.69 Å². The fourth-order valence-corrected chi connectivity index (χ4v) is 1.90. The molecule has 1 aliphatic rings. The number of amides is 1. The molecule has 0 unspecified atom stereocenters. The van der Waals surface area contributed by atoms with E-state index in [4.69, 9.17) is 10.5 Å². The number of ether oxygens (including phenoxy) is 1. The Kier molecular flexibility index (Phi) is 2.58. The van der Waals surface area contributed by atoms with Gasteiger partial charge in [-0.05, 0) is 26.0 Å². The lowest BCUT2D eigenvalue weighted by Gasteiger charge is -2.38. The van der Waals surface area contributed by atoms with Crippen LogP contribution in [-0.4, -0.2) is 18.1 Å². The van der Waals surface area contributed by atoms with Crippen LogP contribution in [0.15, 0.2) is 30.9 Å². The molecule has 4 heteroatoms. The quantitative estimate of drug-likeness (QED) is 0.626. The van der Waals surface area contributed by atoms with Gasteiger partial charge in [-0.2, -0.15) is 0 Å². The van der Waals surface area contributed by atoms with Gasteiger partial charge in [0, 0.05) is 18.3 Å². The summed E-state index contributed by atoms with van der Waals surface area (Å²) in [5.74, 6) is 0.561. The van der Waals surface area contributed by atoms with Gasteiger partial charge < -0.3 is 15.4 Å². The lowest BCUT2D eigenvalue weighted by atomic mass is 10.0. The maximum Gasteiger partial charge on any atom is 0.270 e. The topological polar surface area (TPSA) is 55.6 Å². The highest BCUT2D eigenvalue weighted by atomic mass is 16.5. The Morgan fingerprint density at radius 2 is 2.24 bits per heavy atom. The third kappa shape index (κ3) is 1.86. The fourth-order valence-electron chi connectivity index (χ4n) is 1.90. The maximum atomic E-state index is 12.2. The number of hydrogen-bond acceptors (Lipinski definition) is 3. The molecule has 4 nitrogen and oxygen atoms in total. The fraction of sp³-hybridized carbons (Fsp3) is 0.308. The molecule has 0 fully saturated rings. The van der Waals surface area contributed by atoms with Crippen molar-refractivity contribution in [2.24, 2.45) is 0 Å². The summed E-state index contributed by atoms with van der Waals surface area (Å²) in [6, 6.07) is 5.28. The Labute approximate surface area is 101 Å². The van der Waals surface area contributed by atoms with Crippen LogP contribution in [0.1, 0.15) is 13.8 Å². The number of rotatable bonds is 2. The molecule has 2 rings (SSSR count). The van der Waals surface area contributed by atoms with Crippen molar-refractivity contribution >= 4 is 17.3 Å². The second kappa shape index (κ2) is 3.80. The van der Waals surface area contributed by atoms with Crippen molar-refractivity contribution < 1.29 is 9.53 Å². The molecule has 0 spiro atoms. The van der Waals surface area contributed by atoms with Crippen LogP contribution in [-0.2, 0) is 4.79 Å². The minimum absolute atomic E-state index is 0.0744. The van der Waals surface area contributed by atoms with Crippen molar-refractivity contribution in [1.29, 1.82) is 0 Å². The molecule has 0 bridgehead atoms. The number of nitrogens with two attached hydrogens (primary N) is 1. The number of fused-ring (bicyclic) bond motifs is 1. The molecular formula is C13H16N2O2. The van der Waals surface area contributed by atoms with Gasteiger partial charge in [0.1, 0.15) is 5.75 Å². The van der Waals surface area contributed by atoms with Crippen molar-refractivity contribution in [1.82, 2.24) is 0 Å². The molecule has 1 aromatic carbocycles. The first-order valence-corrected chi connectivity index (χ1v) is 5.47. The summed E-state index contributed by atoms with van der Waals surface area (Å²) >= 11 is 0. The van der Waals surface area contributed by atoms with Crippen LogP contribution in [0.25, 0.3) is 0 Å². The zero-order valence-corrected chi connectivity index (χ0v) is 10.1. The summed E-state index contributed by atoms with van der Waals surface area (Å²) in [6.45, 7) is 7.62. The van der Waals surface area contributed by atoms with Crippen molar-refractivity contribution in [3.8, 4) is 5.75 Å². The van der Waals surface area contributed by atoms with E-state index in [1.807, 2.05) is 0 Å². The third-order valence-electron chi connectivity index (χ3n) is 2.71. The highest BCUT2D eigenvalue weighted by molar-refractivity contribution is 6.02. The SMILES string of the molecule is C=CCN1C(=O)C(C)(C)Oc2cc(N)ccc21. The number of carbonyl (C=O) groups excluding carboxylic acids is 1. The lowest BCUT2D eigenvalue weighted by molar-refractivity contribution is -0.132. The largest absolute Gasteiger partial charge is 0.476 e. The van der Waals surface area contributed by atoms with Gasteiger partial charge in [-0.25, -0.2) is 0 Å². The predicted molar refractivity (Wildman–Crippen MR) is 68.1 cm³/mol. The van der Waals surface area contributed by atoms with E-state index in [0.717, 1.165) is 5.69 Å². The monoisotopic (exact) mass is 232 g/mol. The van der Waals surface area contributed by atoms with E-state index in [2.05, 4.69) is 6.58 Å². The van der Waals surface area contributed by atoms with E-state index < -0.39 is 5.60 Å². The first kappa shape index (κ1) is 11.5. The lowest BCUT2D eigenvalue weighted by Crippen LogP contribution is -2.52. The summed E-state index contributed by atoms with van der Waals surface area (Å²) in [6.07, 6.45) is 1.69. The van der Waals surface area contributed by atoms with Crippen molar-refractivity contribution in [3.05, 3.63) is 30.9 Å². The molecule has 1 heterocycles. The molecule has 2 N–H and O–H groups in total. The second-order valence-electron chi connectivity index (χ2n) is 4.54. The maximum absolute atomic E-state index is 12.2. The average Bonchev–Trinajstić information content (AvgIpc) is 2.24. The van der Waals surface area contributed by atoms with Crippen LogP contribution < -0.4 is 15.4 Å². The Bertz CT molecular complexity index is 480. The zero-order valence-electron chi connectivity index (χ0n) is 10.1. The van der Waals surface area contributed by atoms with Crippen LogP contribution in [0.2, 0.25) is 0 Å². The van der Waals surface area contributed by atoms with Crippen LogP contribution >= 0.6 is 0 Å². The standard InChI is InChI=1S/C13H16N2O2/c1-4-7-15-10-6-5-9(14)8-11(10)17-13(2,3)12(15)16/h4-6,8H,1,7,14H2,2-3H3. The van der Waals surface area contributed by atoms with Crippen LogP contribution in [0.5, 0.6) is 5.75 Å². The van der Waals surface area contributed by atoms with Gasteiger partial charge in [-0.15, -0.1) is 6.58 Å². The van der Waals surface area contributed by atoms with Crippen molar-refractivity contribution in [3.63, 3.8) is 0 Å². The van der Waals surface area contributed by atoms with Crippen LogP contribution in [0, 0.1) is 0 Å². The summed E-state index contributed by atoms with van der Waals surface area (Å²) < 4.78 is 5.68. The molecule has 1 aromatic rings. The predicted octanol–water partition coefficient (Wildman–Crippen LogP) is 1.96. The van der Waals surface area contributed by atoms with E-state index in [1.165, 1.54) is 0 Å². The Balaban J connectivity index is 2.53. The van der Waals surface area contributed by atoms with Gasteiger partial charge >= 0.3 is 0 Å². The summed E-state index contributed by atoms with van der Waals surface area (Å²) in [5, 5.41) is 0. The molecular weight excluding hydrogens is 216 g/mol. The Hall–Kier alpha value is -1.97. The van der Waals surface area contributed by atoms with Gasteiger partial charge in [-0.3, -0.25) is 4.79 Å². The van der Waals surface area contributed by atoms with Gasteiger partial charge in [-0.1, -0.05) is 6.08 Å². The van der Waals surface area contributed by atoms with Gasteiger partial charge in [0.2, 0.25) is 0 Å². The normalized spacial score (nSPS) is 17.3. The zero-order chi connectivity index (χ0) is 12.6. The highest BCUT2D eigenvalue weighted by Gasteiger charge is 2.40. The first-order chi connectivity index (χ1) is 7.95. The summed E-state index contributed by atoms with van der Waals surface area (Å²) in [7, 11) is 0. The van der Waals surface area contributed by atoms with Crippen LogP contribution in [0.4, 0.5) is 11.4 Å². The number of anilines is 2. The number of hydrogen-bond donors (Lipinski definition) is 1. The Morgan fingerprint density at radius 3 is 2.88 bits per heavy atom. The van der Waals surface area contributed by atoms with Gasteiger partial charge in [0.15, 0.2) is 5.60 Å². The van der Waals surface area contributed by atoms with E-state index in [0.29, 0.717) is 18.0 Å². The molecule has 0 atom stereocenters.